The summed E-state index contributed by atoms with van der Waals surface area (Å²) in [5, 5.41) is 0. The highest BCUT2D eigenvalue weighted by Gasteiger charge is 2.07. The normalized spacial score (nSPS) is 12.1. The van der Waals surface area contributed by atoms with Crippen LogP contribution in [0.25, 0.3) is 0 Å². The third-order valence-electron chi connectivity index (χ3n) is 6.51. The smallest absolute Gasteiger partial charge is 0.0207 e. The summed E-state index contributed by atoms with van der Waals surface area (Å²) in [5.74, 6) is 0. The van der Waals surface area contributed by atoms with Gasteiger partial charge in [-0.1, -0.05) is 154 Å². The van der Waals surface area contributed by atoms with Crippen LogP contribution in [0.3, 0.4) is 0 Å². The predicted molar refractivity (Wildman–Crippen MR) is 139 cm³/mol. The topological polar surface area (TPSA) is 0 Å². The zero-order valence-corrected chi connectivity index (χ0v) is 24.4. The Hall–Kier alpha value is 0.651. The fraction of sp³-hybridized carbons (Fsp3) is 1.00. The van der Waals surface area contributed by atoms with Gasteiger partial charge in [0.25, 0.3) is 0 Å². The monoisotopic (exact) mass is 428 g/mol. The molecule has 0 saturated heterocycles. The SMILES string of the molecule is CCCCCCCCCCCC[SiH](CCCCCCCCCCCC)[SiH2][SiH3]. The second kappa shape index (κ2) is 24.7. The maximum absolute atomic E-state index is 2.31. The average molecular weight is 429 g/mol. The van der Waals surface area contributed by atoms with Crippen LogP contribution in [-0.4, -0.2) is 26.6 Å². The zero-order chi connectivity index (χ0) is 19.8. The minimum absolute atomic E-state index is 0.169. The highest BCUT2D eigenvalue weighted by Crippen LogP contribution is 2.16. The minimum atomic E-state index is -0.169. The Morgan fingerprint density at radius 3 is 0.963 bits per heavy atom. The van der Waals surface area contributed by atoms with E-state index in [9.17, 15) is 0 Å². The summed E-state index contributed by atoms with van der Waals surface area (Å²) in [4.78, 5) is 0. The van der Waals surface area contributed by atoms with Gasteiger partial charge in [-0.15, -0.1) is 0 Å². The zero-order valence-electron chi connectivity index (χ0n) is 19.8. The van der Waals surface area contributed by atoms with Crippen LogP contribution in [-0.2, 0) is 0 Å². The standard InChI is InChI=1S/C24H56Si3/c1-3-5-7-9-11-13-15-17-19-21-23-27(26-25)24-22-20-18-16-14-12-10-8-6-4-2/h27H,3-24,26H2,1-2,25H3. The fourth-order valence-electron chi connectivity index (χ4n) is 4.39. The lowest BCUT2D eigenvalue weighted by molar-refractivity contribution is 0.560. The number of unbranched alkanes of at least 4 members (excludes halogenated alkanes) is 18. The summed E-state index contributed by atoms with van der Waals surface area (Å²) >= 11 is 0. The van der Waals surface area contributed by atoms with Gasteiger partial charge >= 0.3 is 0 Å². The maximum Gasteiger partial charge on any atom is 0.0207 e. The largest absolute Gasteiger partial charge is 0.0654 e. The predicted octanol–water partition coefficient (Wildman–Crippen LogP) is 7.00. The molecular weight excluding hydrogens is 373 g/mol. The summed E-state index contributed by atoms with van der Waals surface area (Å²) in [7, 11) is 1.94. The van der Waals surface area contributed by atoms with E-state index in [0.29, 0.717) is 8.55 Å². The molecule has 0 aromatic rings. The maximum atomic E-state index is 2.31. The molecule has 0 aliphatic carbocycles. The molecule has 0 aromatic carbocycles. The highest BCUT2D eigenvalue weighted by atomic mass is 29.5. The van der Waals surface area contributed by atoms with Gasteiger partial charge in [-0.2, -0.15) is 0 Å². The lowest BCUT2D eigenvalue weighted by Crippen LogP contribution is -2.22. The van der Waals surface area contributed by atoms with Gasteiger partial charge in [0, 0.05) is 8.31 Å². The second-order valence-corrected chi connectivity index (χ2v) is 26.2. The highest BCUT2D eigenvalue weighted by molar-refractivity contribution is 7.31. The lowest BCUT2D eigenvalue weighted by Gasteiger charge is -2.12. The molecular formula is C24H56Si3. The van der Waals surface area contributed by atoms with Crippen LogP contribution in [0.5, 0.6) is 0 Å². The first kappa shape index (κ1) is 27.7. The summed E-state index contributed by atoms with van der Waals surface area (Å²) in [6.45, 7) is 4.63. The van der Waals surface area contributed by atoms with Crippen molar-refractivity contribution in [2.75, 3.05) is 0 Å². The molecule has 0 rings (SSSR count). The first-order chi connectivity index (χ1) is 13.3. The first-order valence-electron chi connectivity index (χ1n) is 13.3. The first-order valence-corrected chi connectivity index (χ1v) is 23.9. The molecule has 0 amide bonds. The van der Waals surface area contributed by atoms with Crippen molar-refractivity contribution >= 4 is 26.6 Å². The molecule has 0 aliphatic heterocycles. The van der Waals surface area contributed by atoms with E-state index in [1.807, 2.05) is 0 Å². The van der Waals surface area contributed by atoms with Crippen LogP contribution in [0.2, 0.25) is 12.1 Å². The van der Waals surface area contributed by atoms with Gasteiger partial charge in [0.05, 0.1) is 0 Å². The Kier molecular flexibility index (Phi) is 25.3. The fourth-order valence-corrected chi connectivity index (χ4v) is 18.8. The molecule has 0 spiro atoms. The molecule has 0 saturated carbocycles. The second-order valence-electron chi connectivity index (χ2n) is 9.22. The van der Waals surface area contributed by atoms with Gasteiger partial charge in [0.15, 0.2) is 0 Å². The van der Waals surface area contributed by atoms with Crippen molar-refractivity contribution in [1.29, 1.82) is 0 Å². The quantitative estimate of drug-likeness (QED) is 0.121. The Bertz CT molecular complexity index is 234. The Morgan fingerprint density at radius 1 is 0.444 bits per heavy atom. The lowest BCUT2D eigenvalue weighted by atomic mass is 10.1. The van der Waals surface area contributed by atoms with Crippen molar-refractivity contribution in [3.63, 3.8) is 0 Å². The van der Waals surface area contributed by atoms with E-state index in [1.54, 1.807) is 47.5 Å². The molecule has 0 unspecified atom stereocenters. The summed E-state index contributed by atoms with van der Waals surface area (Å²) in [6.07, 6.45) is 30.1. The molecule has 0 nitrogen and oxygen atoms in total. The van der Waals surface area contributed by atoms with Gasteiger partial charge in [0.1, 0.15) is 0 Å². The molecule has 0 N–H and O–H groups in total. The van der Waals surface area contributed by atoms with E-state index in [4.69, 9.17) is 0 Å². The third kappa shape index (κ3) is 22.8. The van der Waals surface area contributed by atoms with Crippen molar-refractivity contribution in [1.82, 2.24) is 0 Å². The number of hydrogen-bond donors (Lipinski definition) is 0. The van der Waals surface area contributed by atoms with E-state index in [2.05, 4.69) is 13.8 Å². The van der Waals surface area contributed by atoms with E-state index in [-0.39, 0.29) is 8.31 Å². The van der Waals surface area contributed by atoms with Crippen LogP contribution in [0.1, 0.15) is 142 Å². The van der Waals surface area contributed by atoms with Crippen molar-refractivity contribution in [2.24, 2.45) is 0 Å². The Labute approximate surface area is 180 Å². The third-order valence-corrected chi connectivity index (χ3v) is 26.4. The van der Waals surface area contributed by atoms with Crippen molar-refractivity contribution in [3.8, 4) is 0 Å². The minimum Gasteiger partial charge on any atom is -0.0654 e. The van der Waals surface area contributed by atoms with Crippen LogP contribution in [0.4, 0.5) is 0 Å². The van der Waals surface area contributed by atoms with Gasteiger partial charge in [-0.3, -0.25) is 0 Å². The van der Waals surface area contributed by atoms with Crippen LogP contribution >= 0.6 is 0 Å². The van der Waals surface area contributed by atoms with E-state index in [1.165, 1.54) is 103 Å². The van der Waals surface area contributed by atoms with Crippen LogP contribution in [0, 0.1) is 0 Å². The van der Waals surface area contributed by atoms with Gasteiger partial charge in [-0.25, -0.2) is 0 Å². The molecule has 164 valence electrons. The summed E-state index contributed by atoms with van der Waals surface area (Å²) in [6, 6.07) is 3.48. The molecule has 27 heavy (non-hydrogen) atoms. The molecule has 0 bridgehead atoms. The molecule has 0 radical (unpaired) electrons. The van der Waals surface area contributed by atoms with E-state index in [0.717, 1.165) is 0 Å². The Morgan fingerprint density at radius 2 is 0.704 bits per heavy atom. The Balaban J connectivity index is 3.28. The average Bonchev–Trinajstić information content (AvgIpc) is 2.69. The van der Waals surface area contributed by atoms with Gasteiger partial charge < -0.3 is 0 Å². The molecule has 0 atom stereocenters. The molecule has 0 aromatic heterocycles. The summed E-state index contributed by atoms with van der Waals surface area (Å²) < 4.78 is 0. The molecule has 0 heterocycles. The molecule has 0 fully saturated rings. The van der Waals surface area contributed by atoms with E-state index >= 15 is 0 Å². The molecule has 0 aliphatic rings. The van der Waals surface area contributed by atoms with Crippen molar-refractivity contribution < 1.29 is 0 Å². The van der Waals surface area contributed by atoms with E-state index < -0.39 is 0 Å². The van der Waals surface area contributed by atoms with Crippen molar-refractivity contribution in [3.05, 3.63) is 0 Å². The van der Waals surface area contributed by atoms with Crippen LogP contribution < -0.4 is 0 Å². The number of rotatable bonds is 23. The van der Waals surface area contributed by atoms with Gasteiger partial charge in [0.2, 0.25) is 0 Å². The number of hydrogen-bond acceptors (Lipinski definition) is 0. The van der Waals surface area contributed by atoms with Crippen LogP contribution in [0.15, 0.2) is 0 Å². The molecule has 3 heteroatoms. The van der Waals surface area contributed by atoms with Gasteiger partial charge in [-0.05, 0) is 18.3 Å². The summed E-state index contributed by atoms with van der Waals surface area (Å²) in [5.41, 5.74) is 0. The van der Waals surface area contributed by atoms with Crippen molar-refractivity contribution in [2.45, 2.75) is 154 Å².